The van der Waals surface area contributed by atoms with E-state index in [9.17, 15) is 9.90 Å². The summed E-state index contributed by atoms with van der Waals surface area (Å²) < 4.78 is 0. The normalized spacial score (nSPS) is 13.2. The molecule has 1 heterocycles. The molecule has 1 aromatic rings. The number of nitrogens with zero attached hydrogens (tertiary/aromatic N) is 1. The molecule has 5 nitrogen and oxygen atoms in total. The molecule has 0 unspecified atom stereocenters. The highest BCUT2D eigenvalue weighted by Crippen LogP contribution is 2.24. The second-order valence-corrected chi connectivity index (χ2v) is 5.29. The van der Waals surface area contributed by atoms with Crippen LogP contribution in [0.2, 0.25) is 10.3 Å². The number of aromatic nitrogens is 1. The number of nitrogens with two attached hydrogens (primary N) is 1. The van der Waals surface area contributed by atoms with E-state index in [1.807, 2.05) is 0 Å². The molecule has 0 radical (unpaired) electrons. The third-order valence-electron chi connectivity index (χ3n) is 2.63. The Bertz CT molecular complexity index is 472. The SMILES string of the molecule is C[C@H](NC(=O)c1cc(Cl)nc(Cl)c1N)C(C)(C)O. The van der Waals surface area contributed by atoms with Crippen molar-refractivity contribution in [2.45, 2.75) is 32.4 Å². The van der Waals surface area contributed by atoms with E-state index < -0.39 is 17.6 Å². The summed E-state index contributed by atoms with van der Waals surface area (Å²) >= 11 is 11.5. The molecule has 0 spiro atoms. The number of amides is 1. The maximum atomic E-state index is 12.0. The number of nitrogen functional groups attached to an aromatic ring is 1. The first kappa shape index (κ1) is 15.0. The van der Waals surface area contributed by atoms with Crippen molar-refractivity contribution in [2.75, 3.05) is 5.73 Å². The molecule has 1 atom stereocenters. The molecule has 0 aliphatic heterocycles. The van der Waals surface area contributed by atoms with E-state index in [0.29, 0.717) is 0 Å². The third-order valence-corrected chi connectivity index (χ3v) is 3.11. The van der Waals surface area contributed by atoms with E-state index in [-0.39, 0.29) is 21.6 Å². The van der Waals surface area contributed by atoms with Crippen LogP contribution in [-0.4, -0.2) is 27.6 Å². The predicted molar refractivity (Wildman–Crippen MR) is 71.9 cm³/mol. The predicted octanol–water partition coefficient (Wildman–Crippen LogP) is 1.86. The minimum Gasteiger partial charge on any atom is -0.396 e. The number of hydrogen-bond acceptors (Lipinski definition) is 4. The molecule has 7 heteroatoms. The number of rotatable bonds is 3. The van der Waals surface area contributed by atoms with Crippen molar-refractivity contribution >= 4 is 34.8 Å². The Hall–Kier alpha value is -1.04. The summed E-state index contributed by atoms with van der Waals surface area (Å²) in [5.74, 6) is -0.465. The molecule has 0 bridgehead atoms. The fourth-order valence-electron chi connectivity index (χ4n) is 1.13. The van der Waals surface area contributed by atoms with Gasteiger partial charge in [0.2, 0.25) is 0 Å². The van der Waals surface area contributed by atoms with Gasteiger partial charge in [-0.1, -0.05) is 23.2 Å². The van der Waals surface area contributed by atoms with Gasteiger partial charge in [-0.25, -0.2) is 4.98 Å². The molecule has 0 aliphatic carbocycles. The summed E-state index contributed by atoms with van der Waals surface area (Å²) in [6, 6.07) is 0.866. The van der Waals surface area contributed by atoms with Gasteiger partial charge in [0.1, 0.15) is 5.15 Å². The number of pyridine rings is 1. The highest BCUT2D eigenvalue weighted by molar-refractivity contribution is 6.35. The largest absolute Gasteiger partial charge is 0.396 e. The van der Waals surface area contributed by atoms with Gasteiger partial charge >= 0.3 is 0 Å². The Labute approximate surface area is 115 Å². The first-order chi connectivity index (χ1) is 8.12. The first-order valence-corrected chi connectivity index (χ1v) is 6.03. The van der Waals surface area contributed by atoms with E-state index in [0.717, 1.165) is 0 Å². The molecule has 1 rings (SSSR count). The molecule has 18 heavy (non-hydrogen) atoms. The van der Waals surface area contributed by atoms with Crippen LogP contribution in [0.3, 0.4) is 0 Å². The van der Waals surface area contributed by atoms with Crippen LogP contribution in [-0.2, 0) is 0 Å². The van der Waals surface area contributed by atoms with Crippen molar-refractivity contribution in [1.29, 1.82) is 0 Å². The topological polar surface area (TPSA) is 88.2 Å². The number of carbonyl (C=O) groups excluding carboxylic acids is 1. The van der Waals surface area contributed by atoms with Crippen molar-refractivity contribution in [2.24, 2.45) is 0 Å². The standard InChI is InChI=1S/C11H15Cl2N3O2/c1-5(11(2,3)18)15-10(17)6-4-7(12)16-9(13)8(6)14/h4-5,18H,14H2,1-3H3,(H,15,17)/t5-/m0/s1. The van der Waals surface area contributed by atoms with Gasteiger partial charge < -0.3 is 16.2 Å². The summed E-state index contributed by atoms with van der Waals surface area (Å²) in [7, 11) is 0. The number of aliphatic hydroxyl groups is 1. The Morgan fingerprint density at radius 1 is 1.56 bits per heavy atom. The van der Waals surface area contributed by atoms with Gasteiger partial charge in [-0.3, -0.25) is 4.79 Å². The number of anilines is 1. The Kier molecular flexibility index (Phi) is 4.42. The van der Waals surface area contributed by atoms with Crippen molar-refractivity contribution in [3.63, 3.8) is 0 Å². The molecule has 0 saturated heterocycles. The highest BCUT2D eigenvalue weighted by Gasteiger charge is 2.25. The molecule has 1 amide bonds. The smallest absolute Gasteiger partial charge is 0.253 e. The summed E-state index contributed by atoms with van der Waals surface area (Å²) in [5, 5.41) is 12.4. The van der Waals surface area contributed by atoms with E-state index in [1.54, 1.807) is 20.8 Å². The minimum atomic E-state index is -1.05. The summed E-state index contributed by atoms with van der Waals surface area (Å²) in [6.45, 7) is 4.86. The minimum absolute atomic E-state index is 0.0245. The monoisotopic (exact) mass is 291 g/mol. The first-order valence-electron chi connectivity index (χ1n) is 5.27. The van der Waals surface area contributed by atoms with Gasteiger partial charge in [-0.2, -0.15) is 0 Å². The lowest BCUT2D eigenvalue weighted by Crippen LogP contribution is -2.47. The van der Waals surface area contributed by atoms with Gasteiger partial charge in [0.15, 0.2) is 5.15 Å². The zero-order valence-corrected chi connectivity index (χ0v) is 11.8. The molecule has 0 aliphatic rings. The second kappa shape index (κ2) is 5.30. The fourth-order valence-corrected chi connectivity index (χ4v) is 1.56. The maximum Gasteiger partial charge on any atom is 0.253 e. The molecule has 0 aromatic carbocycles. The van der Waals surface area contributed by atoms with Gasteiger partial charge in [-0.15, -0.1) is 0 Å². The zero-order chi connectivity index (χ0) is 14.1. The Morgan fingerprint density at radius 3 is 2.61 bits per heavy atom. The molecule has 0 saturated carbocycles. The molecule has 4 N–H and O–H groups in total. The molecular formula is C11H15Cl2N3O2. The van der Waals surface area contributed by atoms with E-state index in [1.165, 1.54) is 6.07 Å². The van der Waals surface area contributed by atoms with Gasteiger partial charge in [0, 0.05) is 0 Å². The maximum absolute atomic E-state index is 12.0. The molecular weight excluding hydrogens is 277 g/mol. The summed E-state index contributed by atoms with van der Waals surface area (Å²) in [4.78, 5) is 15.7. The van der Waals surface area contributed by atoms with Crippen LogP contribution in [0.15, 0.2) is 6.07 Å². The molecule has 100 valence electrons. The van der Waals surface area contributed by atoms with Crippen molar-refractivity contribution in [3.05, 3.63) is 21.9 Å². The van der Waals surface area contributed by atoms with Crippen molar-refractivity contribution in [1.82, 2.24) is 10.3 Å². The quantitative estimate of drug-likeness (QED) is 0.742. The van der Waals surface area contributed by atoms with E-state index >= 15 is 0 Å². The second-order valence-electron chi connectivity index (χ2n) is 4.55. The highest BCUT2D eigenvalue weighted by atomic mass is 35.5. The molecule has 0 fully saturated rings. The number of halogens is 2. The van der Waals surface area contributed by atoms with Crippen LogP contribution in [0.5, 0.6) is 0 Å². The fraction of sp³-hybridized carbons (Fsp3) is 0.455. The Morgan fingerprint density at radius 2 is 2.11 bits per heavy atom. The van der Waals surface area contributed by atoms with E-state index in [2.05, 4.69) is 10.3 Å². The lowest BCUT2D eigenvalue weighted by Gasteiger charge is -2.26. The lowest BCUT2D eigenvalue weighted by atomic mass is 10.0. The lowest BCUT2D eigenvalue weighted by molar-refractivity contribution is 0.0409. The van der Waals surface area contributed by atoms with Crippen LogP contribution in [0, 0.1) is 0 Å². The number of hydrogen-bond donors (Lipinski definition) is 3. The number of carbonyl (C=O) groups is 1. The van der Waals surface area contributed by atoms with Crippen LogP contribution in [0.4, 0.5) is 5.69 Å². The van der Waals surface area contributed by atoms with Crippen molar-refractivity contribution in [3.8, 4) is 0 Å². The van der Waals surface area contributed by atoms with Crippen LogP contribution in [0.25, 0.3) is 0 Å². The van der Waals surface area contributed by atoms with Crippen molar-refractivity contribution < 1.29 is 9.90 Å². The third kappa shape index (κ3) is 3.48. The van der Waals surface area contributed by atoms with E-state index in [4.69, 9.17) is 28.9 Å². The average Bonchev–Trinajstić information content (AvgIpc) is 2.21. The summed E-state index contributed by atoms with van der Waals surface area (Å²) in [5.41, 5.74) is 4.80. The summed E-state index contributed by atoms with van der Waals surface area (Å²) in [6.07, 6.45) is 0. The van der Waals surface area contributed by atoms with Gasteiger partial charge in [0.05, 0.1) is 22.9 Å². The average molecular weight is 292 g/mol. The van der Waals surface area contributed by atoms with Gasteiger partial charge in [-0.05, 0) is 26.8 Å². The zero-order valence-electron chi connectivity index (χ0n) is 10.3. The Balaban J connectivity index is 2.99. The van der Waals surface area contributed by atoms with Gasteiger partial charge in [0.25, 0.3) is 5.91 Å². The van der Waals surface area contributed by atoms with Crippen LogP contribution in [0.1, 0.15) is 31.1 Å². The van der Waals surface area contributed by atoms with Crippen LogP contribution < -0.4 is 11.1 Å². The number of nitrogens with one attached hydrogen (secondary N) is 1. The molecule has 1 aromatic heterocycles. The van der Waals surface area contributed by atoms with Crippen LogP contribution >= 0.6 is 23.2 Å².